The molecule has 3 aromatic rings. The van der Waals surface area contributed by atoms with Gasteiger partial charge < -0.3 is 29.6 Å². The summed E-state index contributed by atoms with van der Waals surface area (Å²) in [5.41, 5.74) is 3.42. The van der Waals surface area contributed by atoms with E-state index in [9.17, 15) is 9.59 Å². The number of carbonyl (C=O) groups excluding carboxylic acids is 2. The van der Waals surface area contributed by atoms with E-state index in [1.54, 1.807) is 0 Å². The van der Waals surface area contributed by atoms with Crippen LogP contribution in [0.1, 0.15) is 35.3 Å². The molecule has 4 heterocycles. The number of likely N-dealkylation sites (tertiary alicyclic amines) is 1. The number of ether oxygens (including phenoxy) is 2. The molecule has 2 aliphatic rings. The Morgan fingerprint density at radius 3 is 2.65 bits per heavy atom. The summed E-state index contributed by atoms with van der Waals surface area (Å²) in [6, 6.07) is 12.4. The second-order valence-electron chi connectivity index (χ2n) is 9.97. The van der Waals surface area contributed by atoms with Crippen molar-refractivity contribution in [3.05, 3.63) is 53.9 Å². The first-order chi connectivity index (χ1) is 18.0. The second kappa shape index (κ2) is 11.3. The van der Waals surface area contributed by atoms with E-state index in [2.05, 4.69) is 34.7 Å². The van der Waals surface area contributed by atoms with Crippen LogP contribution in [0.2, 0.25) is 0 Å². The number of aryl methyl sites for hydroxylation is 2. The summed E-state index contributed by atoms with van der Waals surface area (Å²) >= 11 is 0. The zero-order chi connectivity index (χ0) is 25.8. The van der Waals surface area contributed by atoms with Crippen molar-refractivity contribution >= 4 is 34.3 Å². The van der Waals surface area contributed by atoms with Crippen LogP contribution in [-0.4, -0.2) is 72.8 Å². The van der Waals surface area contributed by atoms with Gasteiger partial charge in [0.1, 0.15) is 5.65 Å². The first-order valence-corrected chi connectivity index (χ1v) is 13.0. The van der Waals surface area contributed by atoms with E-state index in [1.165, 1.54) is 7.11 Å². The third-order valence-electron chi connectivity index (χ3n) is 7.38. The summed E-state index contributed by atoms with van der Waals surface area (Å²) in [4.78, 5) is 33.4. The molecule has 2 N–H and O–H groups in total. The number of esters is 1. The number of fused-ring (bicyclic) bond motifs is 1. The summed E-state index contributed by atoms with van der Waals surface area (Å²) in [6.45, 7) is 3.54. The predicted octanol–water partition coefficient (Wildman–Crippen LogP) is 3.55. The third kappa shape index (κ3) is 5.62. The molecule has 1 amide bonds. The van der Waals surface area contributed by atoms with Crippen molar-refractivity contribution in [2.24, 2.45) is 5.92 Å². The van der Waals surface area contributed by atoms with Crippen molar-refractivity contribution in [1.29, 1.82) is 0 Å². The van der Waals surface area contributed by atoms with Crippen LogP contribution in [0.4, 0.5) is 11.4 Å². The minimum absolute atomic E-state index is 0.154. The van der Waals surface area contributed by atoms with Crippen LogP contribution < -0.4 is 10.6 Å². The first-order valence-electron chi connectivity index (χ1n) is 13.0. The molecule has 1 unspecified atom stereocenters. The van der Waals surface area contributed by atoms with Gasteiger partial charge >= 0.3 is 5.97 Å². The second-order valence-corrected chi connectivity index (χ2v) is 9.97. The molecule has 0 spiro atoms. The third-order valence-corrected chi connectivity index (χ3v) is 7.38. The van der Waals surface area contributed by atoms with E-state index in [0.29, 0.717) is 55.7 Å². The van der Waals surface area contributed by atoms with Gasteiger partial charge in [-0.05, 0) is 57.5 Å². The van der Waals surface area contributed by atoms with Crippen LogP contribution >= 0.6 is 0 Å². The predicted molar refractivity (Wildman–Crippen MR) is 143 cm³/mol. The summed E-state index contributed by atoms with van der Waals surface area (Å²) in [6.07, 6.45) is 5.27. The van der Waals surface area contributed by atoms with Gasteiger partial charge in [0.15, 0.2) is 5.69 Å². The Bertz CT molecular complexity index is 1240. The molecule has 1 aromatic carbocycles. The number of aromatic nitrogens is 2. The molecular weight excluding hydrogens is 470 g/mol. The lowest BCUT2D eigenvalue weighted by atomic mass is 10.1. The van der Waals surface area contributed by atoms with Crippen LogP contribution in [0, 0.1) is 5.92 Å². The molecule has 9 nitrogen and oxygen atoms in total. The van der Waals surface area contributed by atoms with Crippen LogP contribution in [0.3, 0.4) is 0 Å². The van der Waals surface area contributed by atoms with Crippen LogP contribution in [-0.2, 0) is 27.2 Å². The van der Waals surface area contributed by atoms with Gasteiger partial charge in [-0.3, -0.25) is 4.79 Å². The Morgan fingerprint density at radius 1 is 1.16 bits per heavy atom. The number of anilines is 2. The molecule has 9 heteroatoms. The highest BCUT2D eigenvalue weighted by Crippen LogP contribution is 2.34. The fourth-order valence-electron chi connectivity index (χ4n) is 5.20. The lowest BCUT2D eigenvalue weighted by molar-refractivity contribution is -0.119. The Labute approximate surface area is 217 Å². The molecule has 5 rings (SSSR count). The maximum Gasteiger partial charge on any atom is 0.356 e. The van der Waals surface area contributed by atoms with Gasteiger partial charge in [-0.25, -0.2) is 9.78 Å². The fourth-order valence-corrected chi connectivity index (χ4v) is 5.20. The minimum atomic E-state index is -0.506. The molecule has 37 heavy (non-hydrogen) atoms. The van der Waals surface area contributed by atoms with Crippen LogP contribution in [0.25, 0.3) is 11.0 Å². The van der Waals surface area contributed by atoms with Gasteiger partial charge in [0, 0.05) is 24.6 Å². The van der Waals surface area contributed by atoms with Crippen molar-refractivity contribution in [2.45, 2.75) is 38.3 Å². The van der Waals surface area contributed by atoms with Crippen molar-refractivity contribution in [1.82, 2.24) is 14.5 Å². The summed E-state index contributed by atoms with van der Waals surface area (Å²) in [5.74, 6) is -0.908. The zero-order valence-corrected chi connectivity index (χ0v) is 21.5. The quantitative estimate of drug-likeness (QED) is 0.452. The lowest BCUT2D eigenvalue weighted by Gasteiger charge is -2.30. The SMILES string of the molecule is COC(=O)c1c(NC(=O)C2CCOC2)c2cc(NC3CCN(C)CC3)cnc2n1CCc1ccccc1. The smallest absolute Gasteiger partial charge is 0.356 e. The average molecular weight is 506 g/mol. The van der Waals surface area contributed by atoms with E-state index in [0.717, 1.165) is 42.6 Å². The molecule has 1 atom stereocenters. The highest BCUT2D eigenvalue weighted by Gasteiger charge is 2.30. The minimum Gasteiger partial charge on any atom is -0.464 e. The number of benzene rings is 1. The molecule has 2 fully saturated rings. The molecule has 0 aliphatic carbocycles. The zero-order valence-electron chi connectivity index (χ0n) is 21.5. The van der Waals surface area contributed by atoms with Crippen molar-refractivity contribution in [2.75, 3.05) is 51.1 Å². The number of nitrogens with one attached hydrogen (secondary N) is 2. The summed E-state index contributed by atoms with van der Waals surface area (Å²) in [5, 5.41) is 7.38. The molecule has 2 saturated heterocycles. The largest absolute Gasteiger partial charge is 0.464 e. The van der Waals surface area contributed by atoms with E-state index in [1.807, 2.05) is 35.0 Å². The molecule has 0 saturated carbocycles. The van der Waals surface area contributed by atoms with Crippen molar-refractivity contribution in [3.8, 4) is 0 Å². The van der Waals surface area contributed by atoms with Gasteiger partial charge in [0.25, 0.3) is 0 Å². The first kappa shape index (κ1) is 25.2. The monoisotopic (exact) mass is 505 g/mol. The number of pyridine rings is 1. The van der Waals surface area contributed by atoms with E-state index < -0.39 is 5.97 Å². The van der Waals surface area contributed by atoms with Crippen LogP contribution in [0.15, 0.2) is 42.6 Å². The Morgan fingerprint density at radius 2 is 1.95 bits per heavy atom. The average Bonchev–Trinajstić information content (AvgIpc) is 3.56. The highest BCUT2D eigenvalue weighted by molar-refractivity contribution is 6.11. The van der Waals surface area contributed by atoms with E-state index in [-0.39, 0.29) is 11.8 Å². The molecular formula is C28H35N5O4. The standard InChI is InChI=1S/C28H35N5O4/c1-32-12-9-21(10-13-32)30-22-16-23-24(31-27(34)20-11-15-37-18-20)25(28(35)36-2)33(26(23)29-17-22)14-8-19-6-4-3-5-7-19/h3-7,16-17,20-21,30H,8-15,18H2,1-2H3,(H,31,34). The van der Waals surface area contributed by atoms with Gasteiger partial charge in [0.2, 0.25) is 5.91 Å². The molecule has 2 aromatic heterocycles. The number of piperidine rings is 1. The van der Waals surface area contributed by atoms with Gasteiger partial charge in [0.05, 0.1) is 37.2 Å². The number of rotatable bonds is 8. The van der Waals surface area contributed by atoms with Gasteiger partial charge in [-0.2, -0.15) is 0 Å². The van der Waals surface area contributed by atoms with Gasteiger partial charge in [-0.1, -0.05) is 30.3 Å². The molecule has 2 aliphatic heterocycles. The van der Waals surface area contributed by atoms with Crippen molar-refractivity contribution < 1.29 is 19.1 Å². The maximum atomic E-state index is 13.1. The molecule has 196 valence electrons. The lowest BCUT2D eigenvalue weighted by Crippen LogP contribution is -2.36. The molecule has 0 radical (unpaired) electrons. The number of carbonyl (C=O) groups is 2. The number of methoxy groups -OCH3 is 1. The van der Waals surface area contributed by atoms with Crippen molar-refractivity contribution in [3.63, 3.8) is 0 Å². The van der Waals surface area contributed by atoms with E-state index in [4.69, 9.17) is 14.5 Å². The topological polar surface area (TPSA) is 97.7 Å². The Kier molecular flexibility index (Phi) is 7.71. The number of hydrogen-bond donors (Lipinski definition) is 2. The highest BCUT2D eigenvalue weighted by atomic mass is 16.5. The maximum absolute atomic E-state index is 13.1. The van der Waals surface area contributed by atoms with Gasteiger partial charge in [-0.15, -0.1) is 0 Å². The number of amides is 1. The fraction of sp³-hybridized carbons (Fsp3) is 0.464. The van der Waals surface area contributed by atoms with Crippen LogP contribution in [0.5, 0.6) is 0 Å². The number of hydrogen-bond acceptors (Lipinski definition) is 7. The number of nitrogens with zero attached hydrogens (tertiary/aromatic N) is 3. The normalized spacial score (nSPS) is 18.7. The molecule has 0 bridgehead atoms. The summed E-state index contributed by atoms with van der Waals surface area (Å²) in [7, 11) is 3.50. The Hall–Kier alpha value is -3.43. The van der Waals surface area contributed by atoms with E-state index >= 15 is 0 Å². The Balaban J connectivity index is 1.53. The summed E-state index contributed by atoms with van der Waals surface area (Å²) < 4.78 is 12.5.